The third-order valence-corrected chi connectivity index (χ3v) is 4.80. The molecule has 2 aliphatic rings. The molecular formula is C16H24Cl2N2O2. The maximum atomic E-state index is 6.32. The fraction of sp³-hybridized carbons (Fsp3) is 0.625. The van der Waals surface area contributed by atoms with Crippen LogP contribution in [0.2, 0.25) is 5.02 Å². The van der Waals surface area contributed by atoms with Gasteiger partial charge in [0, 0.05) is 19.1 Å². The van der Waals surface area contributed by atoms with Crippen LogP contribution in [0.3, 0.4) is 0 Å². The Labute approximate surface area is 143 Å². The minimum Gasteiger partial charge on any atom is -0.486 e. The second kappa shape index (κ2) is 7.73. The number of hydrogen-bond acceptors (Lipinski definition) is 4. The molecule has 1 saturated heterocycles. The predicted molar refractivity (Wildman–Crippen MR) is 91.3 cm³/mol. The van der Waals surface area contributed by atoms with E-state index in [1.165, 1.54) is 12.8 Å². The quantitative estimate of drug-likeness (QED) is 0.913. The summed E-state index contributed by atoms with van der Waals surface area (Å²) in [7, 11) is 0. The average Bonchev–Trinajstić information content (AvgIpc) is 2.47. The van der Waals surface area contributed by atoms with E-state index < -0.39 is 0 Å². The number of hydrogen-bond donors (Lipinski definition) is 1. The summed E-state index contributed by atoms with van der Waals surface area (Å²) in [6, 6.07) is 4.49. The number of fused-ring (bicyclic) bond motifs is 1. The zero-order valence-electron chi connectivity index (χ0n) is 12.9. The van der Waals surface area contributed by atoms with Gasteiger partial charge in [0.15, 0.2) is 11.5 Å². The van der Waals surface area contributed by atoms with Gasteiger partial charge in [-0.25, -0.2) is 0 Å². The first-order valence-electron chi connectivity index (χ1n) is 7.71. The van der Waals surface area contributed by atoms with Gasteiger partial charge in [0.05, 0.1) is 5.02 Å². The standard InChI is InChI=1S/C16H23ClN2O2.ClH/c1-11-3-2-4-19(14(11)9-18)10-12-7-13(17)16-15(8-12)20-5-6-21-16;/h7-8,11,14H,2-6,9-10,18H2,1H3;1H. The van der Waals surface area contributed by atoms with E-state index >= 15 is 0 Å². The molecule has 0 radical (unpaired) electrons. The Balaban J connectivity index is 0.00000176. The van der Waals surface area contributed by atoms with Crippen molar-refractivity contribution in [3.8, 4) is 11.5 Å². The van der Waals surface area contributed by atoms with Crippen LogP contribution in [0.25, 0.3) is 0 Å². The number of rotatable bonds is 3. The number of halogens is 2. The summed E-state index contributed by atoms with van der Waals surface area (Å²) in [5.41, 5.74) is 7.13. The molecule has 2 heterocycles. The van der Waals surface area contributed by atoms with Gasteiger partial charge in [0.25, 0.3) is 0 Å². The van der Waals surface area contributed by atoms with Crippen LogP contribution in [0.15, 0.2) is 12.1 Å². The highest BCUT2D eigenvalue weighted by Crippen LogP contribution is 2.39. The van der Waals surface area contributed by atoms with Crippen LogP contribution in [0.5, 0.6) is 11.5 Å². The Bertz CT molecular complexity index is 513. The molecule has 124 valence electrons. The van der Waals surface area contributed by atoms with Crippen molar-refractivity contribution >= 4 is 24.0 Å². The molecule has 0 amide bonds. The fourth-order valence-corrected chi connectivity index (χ4v) is 3.69. The van der Waals surface area contributed by atoms with Crippen LogP contribution < -0.4 is 15.2 Å². The highest BCUT2D eigenvalue weighted by molar-refractivity contribution is 6.32. The molecule has 1 aromatic rings. The van der Waals surface area contributed by atoms with Gasteiger partial charge < -0.3 is 15.2 Å². The molecule has 0 saturated carbocycles. The van der Waals surface area contributed by atoms with Gasteiger partial charge in [-0.1, -0.05) is 18.5 Å². The summed E-state index contributed by atoms with van der Waals surface area (Å²) >= 11 is 6.32. The molecule has 0 aliphatic carbocycles. The normalized spacial score (nSPS) is 24.7. The molecular weight excluding hydrogens is 323 g/mol. The third kappa shape index (κ3) is 3.62. The summed E-state index contributed by atoms with van der Waals surface area (Å²) in [4.78, 5) is 2.47. The van der Waals surface area contributed by atoms with Crippen molar-refractivity contribution in [2.45, 2.75) is 32.4 Å². The van der Waals surface area contributed by atoms with Gasteiger partial charge in [-0.15, -0.1) is 12.4 Å². The third-order valence-electron chi connectivity index (χ3n) is 4.51. The lowest BCUT2D eigenvalue weighted by atomic mass is 9.90. The maximum Gasteiger partial charge on any atom is 0.179 e. The van der Waals surface area contributed by atoms with Gasteiger partial charge in [0.1, 0.15) is 13.2 Å². The number of likely N-dealkylation sites (tertiary alicyclic amines) is 1. The van der Waals surface area contributed by atoms with E-state index in [4.69, 9.17) is 26.8 Å². The summed E-state index contributed by atoms with van der Waals surface area (Å²) < 4.78 is 11.2. The van der Waals surface area contributed by atoms with Crippen molar-refractivity contribution in [2.24, 2.45) is 11.7 Å². The van der Waals surface area contributed by atoms with Crippen molar-refractivity contribution < 1.29 is 9.47 Å². The van der Waals surface area contributed by atoms with Gasteiger partial charge in [-0.05, 0) is 43.0 Å². The molecule has 4 nitrogen and oxygen atoms in total. The Morgan fingerprint density at radius 3 is 2.86 bits per heavy atom. The van der Waals surface area contributed by atoms with Crippen molar-refractivity contribution in [3.05, 3.63) is 22.7 Å². The van der Waals surface area contributed by atoms with Gasteiger partial charge >= 0.3 is 0 Å². The lowest BCUT2D eigenvalue weighted by Crippen LogP contribution is -2.48. The smallest absolute Gasteiger partial charge is 0.179 e. The van der Waals surface area contributed by atoms with Crippen LogP contribution in [0.4, 0.5) is 0 Å². The molecule has 2 N–H and O–H groups in total. The van der Waals surface area contributed by atoms with Crippen LogP contribution >= 0.6 is 24.0 Å². The first kappa shape index (κ1) is 17.7. The van der Waals surface area contributed by atoms with E-state index in [0.29, 0.717) is 42.5 Å². The van der Waals surface area contributed by atoms with Gasteiger partial charge in [-0.2, -0.15) is 0 Å². The Kier molecular flexibility index (Phi) is 6.21. The molecule has 0 bridgehead atoms. The van der Waals surface area contributed by atoms with E-state index in [-0.39, 0.29) is 12.4 Å². The minimum absolute atomic E-state index is 0. The highest BCUT2D eigenvalue weighted by atomic mass is 35.5. The van der Waals surface area contributed by atoms with Crippen LogP contribution in [0, 0.1) is 5.92 Å². The summed E-state index contributed by atoms with van der Waals surface area (Å²) in [5.74, 6) is 2.09. The Morgan fingerprint density at radius 2 is 2.09 bits per heavy atom. The van der Waals surface area contributed by atoms with Crippen molar-refractivity contribution in [1.82, 2.24) is 4.90 Å². The number of nitrogens with zero attached hydrogens (tertiary/aromatic N) is 1. The summed E-state index contributed by atoms with van der Waals surface area (Å²) in [6.45, 7) is 6.10. The molecule has 1 fully saturated rings. The van der Waals surface area contributed by atoms with E-state index in [9.17, 15) is 0 Å². The number of benzene rings is 1. The Morgan fingerprint density at radius 1 is 1.32 bits per heavy atom. The molecule has 6 heteroatoms. The average molecular weight is 347 g/mol. The highest BCUT2D eigenvalue weighted by Gasteiger charge is 2.28. The predicted octanol–water partition coefficient (Wildman–Crippen LogP) is 3.09. The molecule has 0 aromatic heterocycles. The minimum atomic E-state index is 0. The molecule has 2 atom stereocenters. The van der Waals surface area contributed by atoms with E-state index in [2.05, 4.69) is 11.8 Å². The fourth-order valence-electron chi connectivity index (χ4n) is 3.40. The molecule has 2 aliphatic heterocycles. The van der Waals surface area contributed by atoms with E-state index in [1.54, 1.807) is 0 Å². The van der Waals surface area contributed by atoms with Crippen molar-refractivity contribution in [2.75, 3.05) is 26.3 Å². The molecule has 3 rings (SSSR count). The van der Waals surface area contributed by atoms with E-state index in [0.717, 1.165) is 24.4 Å². The van der Waals surface area contributed by atoms with E-state index in [1.807, 2.05) is 12.1 Å². The lowest BCUT2D eigenvalue weighted by Gasteiger charge is -2.39. The second-order valence-electron chi connectivity index (χ2n) is 5.99. The van der Waals surface area contributed by atoms with Gasteiger partial charge in [-0.3, -0.25) is 4.90 Å². The molecule has 0 spiro atoms. The molecule has 22 heavy (non-hydrogen) atoms. The Hall–Kier alpha value is -0.680. The van der Waals surface area contributed by atoms with Crippen molar-refractivity contribution in [1.29, 1.82) is 0 Å². The SMILES string of the molecule is CC1CCCN(Cc2cc(Cl)c3c(c2)OCCO3)C1CN.Cl. The van der Waals surface area contributed by atoms with Crippen LogP contribution in [-0.2, 0) is 6.54 Å². The molecule has 1 aromatic carbocycles. The number of piperidine rings is 1. The summed E-state index contributed by atoms with van der Waals surface area (Å²) in [6.07, 6.45) is 2.50. The lowest BCUT2D eigenvalue weighted by molar-refractivity contribution is 0.0987. The topological polar surface area (TPSA) is 47.7 Å². The maximum absolute atomic E-state index is 6.32. The zero-order valence-corrected chi connectivity index (χ0v) is 14.5. The van der Waals surface area contributed by atoms with Gasteiger partial charge in [0.2, 0.25) is 0 Å². The first-order chi connectivity index (χ1) is 10.2. The van der Waals surface area contributed by atoms with Crippen molar-refractivity contribution in [3.63, 3.8) is 0 Å². The monoisotopic (exact) mass is 346 g/mol. The summed E-state index contributed by atoms with van der Waals surface area (Å²) in [5, 5.41) is 0.636. The zero-order chi connectivity index (χ0) is 14.8. The molecule has 2 unspecified atom stereocenters. The number of ether oxygens (including phenoxy) is 2. The number of nitrogens with two attached hydrogens (primary N) is 1. The van der Waals surface area contributed by atoms with Crippen LogP contribution in [-0.4, -0.2) is 37.2 Å². The second-order valence-corrected chi connectivity index (χ2v) is 6.40. The van der Waals surface area contributed by atoms with Crippen LogP contribution in [0.1, 0.15) is 25.3 Å². The first-order valence-corrected chi connectivity index (χ1v) is 8.09. The largest absolute Gasteiger partial charge is 0.486 e.